The van der Waals surface area contributed by atoms with Crippen molar-refractivity contribution in [2.75, 3.05) is 7.11 Å². The van der Waals surface area contributed by atoms with E-state index in [1.54, 1.807) is 43.5 Å². The van der Waals surface area contributed by atoms with Crippen molar-refractivity contribution >= 4 is 5.91 Å². The highest BCUT2D eigenvalue weighted by Crippen LogP contribution is 2.15. The number of aromatic nitrogens is 3. The van der Waals surface area contributed by atoms with Crippen LogP contribution in [0.25, 0.3) is 11.4 Å². The summed E-state index contributed by atoms with van der Waals surface area (Å²) in [4.78, 5) is 16.4. The third-order valence-electron chi connectivity index (χ3n) is 3.38. The first kappa shape index (κ1) is 15.7. The first-order valence-corrected chi connectivity index (χ1v) is 7.25. The standard InChI is InChI=1S/C17H15FN4O2/c1-24-14-4-2-3-12(9-14)17(23)19-10-15-20-16(22-21-15)11-5-7-13(18)8-6-11/h2-9H,10H2,1H3,(H,19,23)(H,20,21,22). The van der Waals surface area contributed by atoms with E-state index in [2.05, 4.69) is 20.5 Å². The second-order valence-corrected chi connectivity index (χ2v) is 5.03. The van der Waals surface area contributed by atoms with Gasteiger partial charge in [-0.3, -0.25) is 9.89 Å². The lowest BCUT2D eigenvalue weighted by molar-refractivity contribution is 0.0949. The fourth-order valence-corrected chi connectivity index (χ4v) is 2.13. The molecule has 7 heteroatoms. The Balaban J connectivity index is 1.64. The zero-order chi connectivity index (χ0) is 16.9. The van der Waals surface area contributed by atoms with E-state index >= 15 is 0 Å². The van der Waals surface area contributed by atoms with Gasteiger partial charge in [0.15, 0.2) is 5.82 Å². The van der Waals surface area contributed by atoms with Crippen LogP contribution < -0.4 is 10.1 Å². The number of nitrogens with zero attached hydrogens (tertiary/aromatic N) is 2. The van der Waals surface area contributed by atoms with Crippen molar-refractivity contribution < 1.29 is 13.9 Å². The summed E-state index contributed by atoms with van der Waals surface area (Å²) < 4.78 is 18.0. The van der Waals surface area contributed by atoms with Crippen molar-refractivity contribution in [3.8, 4) is 17.1 Å². The van der Waals surface area contributed by atoms with Gasteiger partial charge in [0, 0.05) is 11.1 Å². The monoisotopic (exact) mass is 326 g/mol. The molecule has 2 N–H and O–H groups in total. The van der Waals surface area contributed by atoms with E-state index in [9.17, 15) is 9.18 Å². The molecule has 24 heavy (non-hydrogen) atoms. The third kappa shape index (κ3) is 3.57. The molecule has 0 fully saturated rings. The van der Waals surface area contributed by atoms with E-state index in [0.29, 0.717) is 28.5 Å². The summed E-state index contributed by atoms with van der Waals surface area (Å²) in [7, 11) is 1.54. The lowest BCUT2D eigenvalue weighted by atomic mass is 10.2. The molecule has 0 aliphatic heterocycles. The van der Waals surface area contributed by atoms with Crippen molar-refractivity contribution in [3.63, 3.8) is 0 Å². The van der Waals surface area contributed by atoms with Gasteiger partial charge in [-0.05, 0) is 42.5 Å². The molecule has 122 valence electrons. The van der Waals surface area contributed by atoms with E-state index in [-0.39, 0.29) is 18.3 Å². The smallest absolute Gasteiger partial charge is 0.251 e. The Hall–Kier alpha value is -3.22. The summed E-state index contributed by atoms with van der Waals surface area (Å²) in [5.74, 6) is 1.00. The topological polar surface area (TPSA) is 79.9 Å². The zero-order valence-electron chi connectivity index (χ0n) is 12.9. The van der Waals surface area contributed by atoms with E-state index in [1.165, 1.54) is 12.1 Å². The van der Waals surface area contributed by atoms with E-state index in [4.69, 9.17) is 4.74 Å². The summed E-state index contributed by atoms with van der Waals surface area (Å²) in [6.07, 6.45) is 0. The van der Waals surface area contributed by atoms with Crippen LogP contribution in [0.15, 0.2) is 48.5 Å². The highest BCUT2D eigenvalue weighted by molar-refractivity contribution is 5.94. The number of hydrogen-bond acceptors (Lipinski definition) is 4. The molecule has 0 atom stereocenters. The number of carbonyl (C=O) groups is 1. The predicted octanol–water partition coefficient (Wildman–Crippen LogP) is 2.55. The summed E-state index contributed by atoms with van der Waals surface area (Å²) in [5.41, 5.74) is 1.19. The van der Waals surface area contributed by atoms with Gasteiger partial charge in [-0.2, -0.15) is 5.10 Å². The number of ether oxygens (including phenoxy) is 1. The SMILES string of the molecule is COc1cccc(C(=O)NCc2nc(-c3ccc(F)cc3)n[nH]2)c1. The highest BCUT2D eigenvalue weighted by atomic mass is 19.1. The number of carbonyl (C=O) groups excluding carboxylic acids is 1. The lowest BCUT2D eigenvalue weighted by Gasteiger charge is -2.05. The number of nitrogens with one attached hydrogen (secondary N) is 2. The van der Waals surface area contributed by atoms with Gasteiger partial charge in [0.05, 0.1) is 13.7 Å². The average Bonchev–Trinajstić information content (AvgIpc) is 3.09. The number of hydrogen-bond donors (Lipinski definition) is 2. The van der Waals surface area contributed by atoms with Crippen molar-refractivity contribution in [3.05, 3.63) is 65.7 Å². The number of amides is 1. The van der Waals surface area contributed by atoms with E-state index < -0.39 is 0 Å². The van der Waals surface area contributed by atoms with Gasteiger partial charge in [0.25, 0.3) is 5.91 Å². The molecule has 2 aromatic carbocycles. The summed E-state index contributed by atoms with van der Waals surface area (Å²) in [6.45, 7) is 0.199. The Morgan fingerprint density at radius 1 is 1.25 bits per heavy atom. The molecule has 1 amide bonds. The molecule has 0 radical (unpaired) electrons. The van der Waals surface area contributed by atoms with Crippen molar-refractivity contribution in [1.82, 2.24) is 20.5 Å². The first-order chi connectivity index (χ1) is 11.7. The fourth-order valence-electron chi connectivity index (χ4n) is 2.13. The van der Waals surface area contributed by atoms with Crippen LogP contribution in [0, 0.1) is 5.82 Å². The van der Waals surface area contributed by atoms with Crippen LogP contribution in [0.2, 0.25) is 0 Å². The summed E-state index contributed by atoms with van der Waals surface area (Å²) >= 11 is 0. The van der Waals surface area contributed by atoms with Crippen LogP contribution >= 0.6 is 0 Å². The Kier molecular flexibility index (Phi) is 4.51. The zero-order valence-corrected chi connectivity index (χ0v) is 12.9. The molecule has 0 spiro atoms. The van der Waals surface area contributed by atoms with Gasteiger partial charge < -0.3 is 10.1 Å². The molecule has 0 unspecified atom stereocenters. The number of methoxy groups -OCH3 is 1. The van der Waals surface area contributed by atoms with E-state index in [0.717, 1.165) is 0 Å². The molecule has 0 bridgehead atoms. The molecule has 3 rings (SSSR count). The maximum absolute atomic E-state index is 12.9. The third-order valence-corrected chi connectivity index (χ3v) is 3.38. The number of halogens is 1. The van der Waals surface area contributed by atoms with Gasteiger partial charge in [-0.15, -0.1) is 0 Å². The number of aromatic amines is 1. The largest absolute Gasteiger partial charge is 0.497 e. The minimum Gasteiger partial charge on any atom is -0.497 e. The molecule has 0 saturated heterocycles. The molecular weight excluding hydrogens is 311 g/mol. The van der Waals surface area contributed by atoms with Gasteiger partial charge in [-0.25, -0.2) is 9.37 Å². The second-order valence-electron chi connectivity index (χ2n) is 5.03. The molecule has 0 aliphatic carbocycles. The van der Waals surface area contributed by atoms with Gasteiger partial charge in [-0.1, -0.05) is 6.07 Å². The maximum Gasteiger partial charge on any atom is 0.251 e. The normalized spacial score (nSPS) is 10.4. The van der Waals surface area contributed by atoms with Gasteiger partial charge >= 0.3 is 0 Å². The number of H-pyrrole nitrogens is 1. The lowest BCUT2D eigenvalue weighted by Crippen LogP contribution is -2.23. The van der Waals surface area contributed by atoms with Crippen molar-refractivity contribution in [2.24, 2.45) is 0 Å². The van der Waals surface area contributed by atoms with E-state index in [1.807, 2.05) is 0 Å². The van der Waals surface area contributed by atoms with Crippen LogP contribution in [-0.2, 0) is 6.54 Å². The Bertz CT molecular complexity index is 846. The molecule has 1 aromatic heterocycles. The van der Waals surface area contributed by atoms with Gasteiger partial charge in [0.2, 0.25) is 0 Å². The van der Waals surface area contributed by atoms with Crippen molar-refractivity contribution in [1.29, 1.82) is 0 Å². The molecular formula is C17H15FN4O2. The Morgan fingerprint density at radius 2 is 2.04 bits per heavy atom. The quantitative estimate of drug-likeness (QED) is 0.755. The van der Waals surface area contributed by atoms with Crippen LogP contribution in [0.1, 0.15) is 16.2 Å². The highest BCUT2D eigenvalue weighted by Gasteiger charge is 2.09. The first-order valence-electron chi connectivity index (χ1n) is 7.25. The van der Waals surface area contributed by atoms with Crippen LogP contribution in [0.4, 0.5) is 4.39 Å². The summed E-state index contributed by atoms with van der Waals surface area (Å²) in [5, 5.41) is 9.57. The number of benzene rings is 2. The second kappa shape index (κ2) is 6.91. The van der Waals surface area contributed by atoms with Crippen molar-refractivity contribution in [2.45, 2.75) is 6.54 Å². The minimum atomic E-state index is -0.319. The summed E-state index contributed by atoms with van der Waals surface area (Å²) in [6, 6.07) is 12.7. The molecule has 0 aliphatic rings. The Morgan fingerprint density at radius 3 is 2.79 bits per heavy atom. The van der Waals surface area contributed by atoms with Crippen LogP contribution in [-0.4, -0.2) is 28.2 Å². The minimum absolute atomic E-state index is 0.199. The fraction of sp³-hybridized carbons (Fsp3) is 0.118. The molecule has 3 aromatic rings. The van der Waals surface area contributed by atoms with Crippen LogP contribution in [0.3, 0.4) is 0 Å². The molecule has 1 heterocycles. The Labute approximate surface area is 137 Å². The molecule has 0 saturated carbocycles. The van der Waals surface area contributed by atoms with Crippen LogP contribution in [0.5, 0.6) is 5.75 Å². The van der Waals surface area contributed by atoms with Gasteiger partial charge in [0.1, 0.15) is 17.4 Å². The number of rotatable bonds is 5. The average molecular weight is 326 g/mol. The molecule has 6 nitrogen and oxygen atoms in total. The maximum atomic E-state index is 12.9. The predicted molar refractivity (Wildman–Crippen MR) is 85.9 cm³/mol.